The first-order valence-corrected chi connectivity index (χ1v) is 8.60. The van der Waals surface area contributed by atoms with Gasteiger partial charge in [0.2, 0.25) is 5.95 Å². The van der Waals surface area contributed by atoms with Crippen LogP contribution in [0.15, 0.2) is 48.5 Å². The minimum Gasteiger partial charge on any atom is -0.323 e. The lowest BCUT2D eigenvalue weighted by atomic mass is 10.2. The van der Waals surface area contributed by atoms with E-state index in [-0.39, 0.29) is 11.6 Å². The largest absolute Gasteiger partial charge is 0.323 e. The number of halogens is 2. The molecule has 0 fully saturated rings. The molecule has 3 aromatic rings. The number of nitrogens with one attached hydrogen (secondary N) is 2. The van der Waals surface area contributed by atoms with Crippen LogP contribution in [0.5, 0.6) is 0 Å². The fourth-order valence-corrected chi connectivity index (χ4v) is 2.78. The molecule has 0 aliphatic carbocycles. The van der Waals surface area contributed by atoms with E-state index in [1.54, 1.807) is 49.4 Å². The Labute approximate surface area is 165 Å². The molecule has 0 saturated heterocycles. The predicted octanol–water partition coefficient (Wildman–Crippen LogP) is 4.96. The van der Waals surface area contributed by atoms with Gasteiger partial charge in [0.1, 0.15) is 11.8 Å². The number of benzene rings is 2. The number of aryl methyl sites for hydroxylation is 1. The second kappa shape index (κ2) is 8.04. The van der Waals surface area contributed by atoms with Crippen LogP contribution in [0.1, 0.15) is 21.7 Å². The van der Waals surface area contributed by atoms with Gasteiger partial charge in [-0.05, 0) is 43.3 Å². The Bertz CT molecular complexity index is 1060. The maximum Gasteiger partial charge on any atom is 0.274 e. The summed E-state index contributed by atoms with van der Waals surface area (Å²) < 4.78 is 0. The number of anilines is 3. The molecule has 2 N–H and O–H groups in total. The van der Waals surface area contributed by atoms with E-state index in [1.807, 2.05) is 0 Å². The van der Waals surface area contributed by atoms with Crippen molar-refractivity contribution >= 4 is 46.4 Å². The Kier molecular flexibility index (Phi) is 5.55. The molecule has 134 valence electrons. The average molecular weight is 398 g/mol. The summed E-state index contributed by atoms with van der Waals surface area (Å²) in [5.41, 5.74) is 2.17. The Morgan fingerprint density at radius 1 is 1.07 bits per heavy atom. The first-order chi connectivity index (χ1) is 13.0. The zero-order valence-electron chi connectivity index (χ0n) is 14.1. The molecule has 27 heavy (non-hydrogen) atoms. The summed E-state index contributed by atoms with van der Waals surface area (Å²) in [6.07, 6.45) is 0. The Hall–Kier alpha value is -3.14. The molecule has 1 aromatic heterocycles. The van der Waals surface area contributed by atoms with E-state index in [1.165, 1.54) is 6.07 Å². The number of carbonyl (C=O) groups is 1. The molecule has 0 spiro atoms. The SMILES string of the molecule is Cc1cc(C(=O)Nc2ccc(Cl)cc2Cl)nc(Nc2ccccc2C#N)n1. The molecule has 6 nitrogen and oxygen atoms in total. The molecule has 2 aromatic carbocycles. The van der Waals surface area contributed by atoms with Gasteiger partial charge in [0, 0.05) is 10.7 Å². The third kappa shape index (κ3) is 4.53. The Morgan fingerprint density at radius 2 is 1.85 bits per heavy atom. The summed E-state index contributed by atoms with van der Waals surface area (Å²) in [5.74, 6) is -0.230. The van der Waals surface area contributed by atoms with Gasteiger partial charge in [-0.2, -0.15) is 5.26 Å². The topological polar surface area (TPSA) is 90.7 Å². The number of hydrogen-bond donors (Lipinski definition) is 2. The lowest BCUT2D eigenvalue weighted by molar-refractivity contribution is 0.102. The summed E-state index contributed by atoms with van der Waals surface area (Å²) in [5, 5.41) is 15.6. The maximum absolute atomic E-state index is 12.6. The molecule has 3 rings (SSSR count). The summed E-state index contributed by atoms with van der Waals surface area (Å²) in [7, 11) is 0. The normalized spacial score (nSPS) is 10.1. The third-order valence-electron chi connectivity index (χ3n) is 3.56. The number of nitrogens with zero attached hydrogens (tertiary/aromatic N) is 3. The molecule has 1 heterocycles. The predicted molar refractivity (Wildman–Crippen MR) is 106 cm³/mol. The van der Waals surface area contributed by atoms with Crippen molar-refractivity contribution in [3.8, 4) is 6.07 Å². The lowest BCUT2D eigenvalue weighted by Crippen LogP contribution is -2.16. The molecule has 8 heteroatoms. The quantitative estimate of drug-likeness (QED) is 0.648. The molecule has 0 aliphatic rings. The number of para-hydroxylation sites is 1. The Morgan fingerprint density at radius 3 is 2.59 bits per heavy atom. The average Bonchev–Trinajstić information content (AvgIpc) is 2.64. The van der Waals surface area contributed by atoms with E-state index in [9.17, 15) is 10.1 Å². The summed E-state index contributed by atoms with van der Waals surface area (Å²) in [6, 6.07) is 15.4. The molecular weight excluding hydrogens is 385 g/mol. The van der Waals surface area contributed by atoms with E-state index in [0.717, 1.165) is 0 Å². The van der Waals surface area contributed by atoms with Gasteiger partial charge < -0.3 is 10.6 Å². The van der Waals surface area contributed by atoms with Crippen molar-refractivity contribution in [1.82, 2.24) is 9.97 Å². The van der Waals surface area contributed by atoms with Gasteiger partial charge in [0.05, 0.1) is 22.0 Å². The van der Waals surface area contributed by atoms with Crippen molar-refractivity contribution < 1.29 is 4.79 Å². The first-order valence-electron chi connectivity index (χ1n) is 7.84. The number of rotatable bonds is 4. The number of amides is 1. The van der Waals surface area contributed by atoms with Gasteiger partial charge in [0.15, 0.2) is 0 Å². The van der Waals surface area contributed by atoms with Crippen LogP contribution in [0.25, 0.3) is 0 Å². The van der Waals surface area contributed by atoms with Crippen LogP contribution in [-0.2, 0) is 0 Å². The zero-order chi connectivity index (χ0) is 19.4. The van der Waals surface area contributed by atoms with E-state index >= 15 is 0 Å². The molecule has 0 bridgehead atoms. The number of hydrogen-bond acceptors (Lipinski definition) is 5. The van der Waals surface area contributed by atoms with Gasteiger partial charge in [-0.3, -0.25) is 4.79 Å². The van der Waals surface area contributed by atoms with Gasteiger partial charge >= 0.3 is 0 Å². The second-order valence-corrected chi connectivity index (χ2v) is 6.42. The van der Waals surface area contributed by atoms with Crippen molar-refractivity contribution in [2.24, 2.45) is 0 Å². The molecule has 0 saturated carbocycles. The monoisotopic (exact) mass is 397 g/mol. The summed E-state index contributed by atoms with van der Waals surface area (Å²) in [6.45, 7) is 1.75. The van der Waals surface area contributed by atoms with Crippen LogP contribution < -0.4 is 10.6 Å². The van der Waals surface area contributed by atoms with Crippen LogP contribution in [0.3, 0.4) is 0 Å². The van der Waals surface area contributed by atoms with Gasteiger partial charge in [-0.15, -0.1) is 0 Å². The highest BCUT2D eigenvalue weighted by Gasteiger charge is 2.13. The lowest BCUT2D eigenvalue weighted by Gasteiger charge is -2.10. The van der Waals surface area contributed by atoms with E-state index in [4.69, 9.17) is 23.2 Å². The number of aromatic nitrogens is 2. The van der Waals surface area contributed by atoms with Crippen molar-refractivity contribution in [1.29, 1.82) is 5.26 Å². The number of carbonyl (C=O) groups excluding carboxylic acids is 1. The van der Waals surface area contributed by atoms with Crippen molar-refractivity contribution in [3.63, 3.8) is 0 Å². The molecule has 1 amide bonds. The minimum absolute atomic E-state index is 0.158. The van der Waals surface area contributed by atoms with Gasteiger partial charge in [-0.25, -0.2) is 9.97 Å². The molecule has 0 radical (unpaired) electrons. The van der Waals surface area contributed by atoms with Gasteiger partial charge in [-0.1, -0.05) is 35.3 Å². The summed E-state index contributed by atoms with van der Waals surface area (Å²) >= 11 is 12.0. The fraction of sp³-hybridized carbons (Fsp3) is 0.0526. The zero-order valence-corrected chi connectivity index (χ0v) is 15.6. The first kappa shape index (κ1) is 18.6. The van der Waals surface area contributed by atoms with Crippen molar-refractivity contribution in [3.05, 3.63) is 75.5 Å². The highest BCUT2D eigenvalue weighted by molar-refractivity contribution is 6.36. The third-order valence-corrected chi connectivity index (χ3v) is 4.11. The second-order valence-electron chi connectivity index (χ2n) is 5.58. The van der Waals surface area contributed by atoms with Crippen LogP contribution in [0, 0.1) is 18.3 Å². The highest BCUT2D eigenvalue weighted by atomic mass is 35.5. The van der Waals surface area contributed by atoms with Crippen LogP contribution >= 0.6 is 23.2 Å². The van der Waals surface area contributed by atoms with Crippen LogP contribution in [0.2, 0.25) is 10.0 Å². The standard InChI is InChI=1S/C19H13Cl2N5O/c1-11-8-17(18(27)24-16-7-6-13(20)9-14(16)21)26-19(23-11)25-15-5-3-2-4-12(15)10-22/h2-9H,1H3,(H,24,27)(H,23,25,26). The van der Waals surface area contributed by atoms with Crippen molar-refractivity contribution in [2.45, 2.75) is 6.92 Å². The summed E-state index contributed by atoms with van der Waals surface area (Å²) in [4.78, 5) is 21.1. The molecular formula is C19H13Cl2N5O. The van der Waals surface area contributed by atoms with E-state index < -0.39 is 5.91 Å². The van der Waals surface area contributed by atoms with E-state index in [2.05, 4.69) is 26.7 Å². The maximum atomic E-state index is 12.6. The minimum atomic E-state index is -0.443. The molecule has 0 atom stereocenters. The van der Waals surface area contributed by atoms with Crippen LogP contribution in [-0.4, -0.2) is 15.9 Å². The highest BCUT2D eigenvalue weighted by Crippen LogP contribution is 2.26. The fourth-order valence-electron chi connectivity index (χ4n) is 2.33. The molecule has 0 unspecified atom stereocenters. The van der Waals surface area contributed by atoms with Gasteiger partial charge in [0.25, 0.3) is 5.91 Å². The van der Waals surface area contributed by atoms with Crippen molar-refractivity contribution in [2.75, 3.05) is 10.6 Å². The van der Waals surface area contributed by atoms with E-state index in [0.29, 0.717) is 32.7 Å². The Balaban J connectivity index is 1.86. The van der Waals surface area contributed by atoms with Crippen LogP contribution in [0.4, 0.5) is 17.3 Å². The molecule has 0 aliphatic heterocycles. The smallest absolute Gasteiger partial charge is 0.274 e. The number of nitriles is 1.